The normalized spacial score (nSPS) is 21.6. The molecular weight excluding hydrogens is 379 g/mol. The van der Waals surface area contributed by atoms with Crippen molar-refractivity contribution in [3.05, 3.63) is 0 Å². The minimum absolute atomic E-state index is 0. The monoisotopic (exact) mass is 412 g/mol. The molecule has 0 amide bonds. The van der Waals surface area contributed by atoms with Crippen molar-refractivity contribution in [3.8, 4) is 0 Å². The maximum absolute atomic E-state index is 5.50. The summed E-state index contributed by atoms with van der Waals surface area (Å²) in [5.74, 6) is 0.992. The number of hydrogen-bond acceptors (Lipinski definition) is 3. The Morgan fingerprint density at radius 3 is 2.81 bits per heavy atom. The van der Waals surface area contributed by atoms with Crippen LogP contribution < -0.4 is 5.32 Å². The van der Waals surface area contributed by atoms with Crippen molar-refractivity contribution in [2.45, 2.75) is 45.7 Å². The van der Waals surface area contributed by atoms with Crippen LogP contribution in [-0.4, -0.2) is 74.8 Å². The summed E-state index contributed by atoms with van der Waals surface area (Å²) in [5, 5.41) is 3.49. The minimum atomic E-state index is 0. The molecule has 1 rings (SSSR count). The van der Waals surface area contributed by atoms with E-state index in [9.17, 15) is 0 Å². The molecule has 1 heterocycles. The first-order valence-corrected chi connectivity index (χ1v) is 7.85. The van der Waals surface area contributed by atoms with Crippen LogP contribution in [0.15, 0.2) is 4.99 Å². The zero-order valence-electron chi connectivity index (χ0n) is 14.3. The van der Waals surface area contributed by atoms with Crippen molar-refractivity contribution in [3.63, 3.8) is 0 Å². The Morgan fingerprint density at radius 2 is 2.24 bits per heavy atom. The predicted octanol–water partition coefficient (Wildman–Crippen LogP) is 2.02. The van der Waals surface area contributed by atoms with Crippen LogP contribution in [0, 0.1) is 0 Å². The number of halogens is 1. The quantitative estimate of drug-likeness (QED) is 0.412. The highest BCUT2D eigenvalue weighted by molar-refractivity contribution is 14.0. The van der Waals surface area contributed by atoms with E-state index in [1.807, 2.05) is 7.05 Å². The fourth-order valence-electron chi connectivity index (χ4n) is 2.64. The Labute approximate surface area is 147 Å². The summed E-state index contributed by atoms with van der Waals surface area (Å²) in [5.41, 5.74) is 0. The molecule has 1 aliphatic heterocycles. The molecule has 0 spiro atoms. The lowest BCUT2D eigenvalue weighted by Gasteiger charge is -2.38. The molecule has 0 bridgehead atoms. The van der Waals surface area contributed by atoms with Crippen LogP contribution >= 0.6 is 24.0 Å². The van der Waals surface area contributed by atoms with Crippen LogP contribution in [0.5, 0.6) is 0 Å². The molecule has 1 saturated heterocycles. The van der Waals surface area contributed by atoms with Gasteiger partial charge >= 0.3 is 0 Å². The van der Waals surface area contributed by atoms with Crippen molar-refractivity contribution >= 4 is 29.9 Å². The van der Waals surface area contributed by atoms with Gasteiger partial charge in [-0.25, -0.2) is 0 Å². The largest absolute Gasteiger partial charge is 0.379 e. The van der Waals surface area contributed by atoms with Gasteiger partial charge < -0.3 is 15.0 Å². The number of rotatable bonds is 6. The second-order valence-electron chi connectivity index (χ2n) is 5.71. The molecule has 0 aromatic carbocycles. The van der Waals surface area contributed by atoms with E-state index in [0.29, 0.717) is 12.1 Å². The second kappa shape index (κ2) is 11.5. The summed E-state index contributed by atoms with van der Waals surface area (Å²) in [6.45, 7) is 11.4. The standard InChI is InChI=1S/C15H32N4O.HI/c1-6-7-8-18(5)15(16-4)17-11-13(2)19-9-10-20-12-14(19)3;/h13-14H,6-12H2,1-5H3,(H,16,17);1H. The molecule has 1 fully saturated rings. The summed E-state index contributed by atoms with van der Waals surface area (Å²) in [6, 6.07) is 0.991. The van der Waals surface area contributed by atoms with Gasteiger partial charge in [0.1, 0.15) is 0 Å². The van der Waals surface area contributed by atoms with Gasteiger partial charge in [-0.1, -0.05) is 13.3 Å². The summed E-state index contributed by atoms with van der Waals surface area (Å²) in [7, 11) is 3.96. The highest BCUT2D eigenvalue weighted by atomic mass is 127. The number of hydrogen-bond donors (Lipinski definition) is 1. The summed E-state index contributed by atoms with van der Waals surface area (Å²) in [4.78, 5) is 9.08. The molecule has 1 N–H and O–H groups in total. The number of unbranched alkanes of at least 4 members (excludes halogenated alkanes) is 1. The number of nitrogens with one attached hydrogen (secondary N) is 1. The fraction of sp³-hybridized carbons (Fsp3) is 0.933. The maximum atomic E-state index is 5.50. The van der Waals surface area contributed by atoms with E-state index in [4.69, 9.17) is 4.74 Å². The van der Waals surface area contributed by atoms with E-state index >= 15 is 0 Å². The Hall–Kier alpha value is -0.0800. The SMILES string of the molecule is CCCCN(C)C(=NC)NCC(C)N1CCOCC1C.I. The van der Waals surface area contributed by atoms with Crippen molar-refractivity contribution in [1.29, 1.82) is 0 Å². The number of ether oxygens (including phenoxy) is 1. The van der Waals surface area contributed by atoms with Crippen LogP contribution in [0.1, 0.15) is 33.6 Å². The van der Waals surface area contributed by atoms with Crippen LogP contribution in [0.2, 0.25) is 0 Å². The summed E-state index contributed by atoms with van der Waals surface area (Å²) >= 11 is 0. The van der Waals surface area contributed by atoms with E-state index < -0.39 is 0 Å². The Morgan fingerprint density at radius 1 is 1.52 bits per heavy atom. The van der Waals surface area contributed by atoms with E-state index in [0.717, 1.165) is 38.8 Å². The van der Waals surface area contributed by atoms with Gasteiger partial charge in [-0.15, -0.1) is 24.0 Å². The van der Waals surface area contributed by atoms with E-state index in [2.05, 4.69) is 47.9 Å². The maximum Gasteiger partial charge on any atom is 0.193 e. The molecule has 0 aliphatic carbocycles. The molecule has 1 aliphatic rings. The van der Waals surface area contributed by atoms with Crippen molar-refractivity contribution < 1.29 is 4.74 Å². The molecule has 21 heavy (non-hydrogen) atoms. The topological polar surface area (TPSA) is 40.1 Å². The number of guanidine groups is 1. The fourth-order valence-corrected chi connectivity index (χ4v) is 2.64. The molecule has 6 heteroatoms. The van der Waals surface area contributed by atoms with Crippen LogP contribution in [0.4, 0.5) is 0 Å². The molecular formula is C15H33IN4O. The molecule has 2 unspecified atom stereocenters. The summed E-state index contributed by atoms with van der Waals surface area (Å²) in [6.07, 6.45) is 2.41. The highest BCUT2D eigenvalue weighted by Crippen LogP contribution is 2.10. The van der Waals surface area contributed by atoms with Gasteiger partial charge in [0, 0.05) is 45.8 Å². The average Bonchev–Trinajstić information content (AvgIpc) is 2.45. The van der Waals surface area contributed by atoms with Crippen molar-refractivity contribution in [2.24, 2.45) is 4.99 Å². The third-order valence-electron chi connectivity index (χ3n) is 3.96. The van der Waals surface area contributed by atoms with Gasteiger partial charge in [-0.05, 0) is 20.3 Å². The Kier molecular flexibility index (Phi) is 11.4. The lowest BCUT2D eigenvalue weighted by molar-refractivity contribution is -0.0174. The zero-order valence-corrected chi connectivity index (χ0v) is 16.6. The number of morpholine rings is 1. The molecule has 2 atom stereocenters. The van der Waals surface area contributed by atoms with Gasteiger partial charge in [0.15, 0.2) is 5.96 Å². The predicted molar refractivity (Wildman–Crippen MR) is 101 cm³/mol. The molecule has 0 radical (unpaired) electrons. The van der Waals surface area contributed by atoms with Gasteiger partial charge in [-0.2, -0.15) is 0 Å². The first-order valence-electron chi connectivity index (χ1n) is 7.85. The molecule has 5 nitrogen and oxygen atoms in total. The highest BCUT2D eigenvalue weighted by Gasteiger charge is 2.23. The Balaban J connectivity index is 0.00000400. The minimum Gasteiger partial charge on any atom is -0.379 e. The number of aliphatic imine (C=N–C) groups is 1. The first kappa shape index (κ1) is 20.9. The van der Waals surface area contributed by atoms with Crippen LogP contribution in [-0.2, 0) is 4.74 Å². The van der Waals surface area contributed by atoms with Gasteiger partial charge in [-0.3, -0.25) is 9.89 Å². The smallest absolute Gasteiger partial charge is 0.193 e. The van der Waals surface area contributed by atoms with Gasteiger partial charge in [0.2, 0.25) is 0 Å². The molecule has 126 valence electrons. The Bertz CT molecular complexity index is 301. The third-order valence-corrected chi connectivity index (χ3v) is 3.96. The molecule has 0 aromatic rings. The first-order chi connectivity index (χ1) is 9.60. The van der Waals surface area contributed by atoms with E-state index in [1.54, 1.807) is 0 Å². The number of nitrogens with zero attached hydrogens (tertiary/aromatic N) is 3. The summed E-state index contributed by atoms with van der Waals surface area (Å²) < 4.78 is 5.50. The third kappa shape index (κ3) is 7.15. The second-order valence-corrected chi connectivity index (χ2v) is 5.71. The van der Waals surface area contributed by atoms with Crippen molar-refractivity contribution in [2.75, 3.05) is 46.9 Å². The lowest BCUT2D eigenvalue weighted by Crippen LogP contribution is -2.53. The lowest BCUT2D eigenvalue weighted by atomic mass is 10.2. The van der Waals surface area contributed by atoms with Crippen LogP contribution in [0.25, 0.3) is 0 Å². The van der Waals surface area contributed by atoms with Crippen molar-refractivity contribution in [1.82, 2.24) is 15.1 Å². The molecule has 0 saturated carbocycles. The average molecular weight is 412 g/mol. The van der Waals surface area contributed by atoms with E-state index in [1.165, 1.54) is 12.8 Å². The van der Waals surface area contributed by atoms with Gasteiger partial charge in [0.25, 0.3) is 0 Å². The van der Waals surface area contributed by atoms with Gasteiger partial charge in [0.05, 0.1) is 13.2 Å². The van der Waals surface area contributed by atoms with E-state index in [-0.39, 0.29) is 24.0 Å². The van der Waals surface area contributed by atoms with Crippen LogP contribution in [0.3, 0.4) is 0 Å². The zero-order chi connectivity index (χ0) is 15.0. The molecule has 0 aromatic heterocycles.